The van der Waals surface area contributed by atoms with Gasteiger partial charge < -0.3 is 4.90 Å². The number of benzene rings is 3. The van der Waals surface area contributed by atoms with E-state index in [1.54, 1.807) is 0 Å². The summed E-state index contributed by atoms with van der Waals surface area (Å²) in [7, 11) is -8.63. The molecule has 0 bridgehead atoms. The number of aryl methyl sites for hydroxylation is 1. The van der Waals surface area contributed by atoms with Gasteiger partial charge in [-0.05, 0) is 47.5 Å². The molecule has 4 rings (SSSR count). The first-order valence-electron chi connectivity index (χ1n) is 10.4. The summed E-state index contributed by atoms with van der Waals surface area (Å²) in [4.78, 5) is 2.27. The number of pyridine rings is 1. The second-order valence-electron chi connectivity index (χ2n) is 7.69. The molecule has 35 heavy (non-hydrogen) atoms. The number of halogens is 6. The molecule has 0 amide bonds. The summed E-state index contributed by atoms with van der Waals surface area (Å²) in [5.41, 5.74) is 5.81. The van der Waals surface area contributed by atoms with Gasteiger partial charge in [-0.2, -0.15) is 0 Å². The molecule has 9 heteroatoms. The number of hydrogen-bond acceptors (Lipinski definition) is 1. The Hall–Kier alpha value is -3.64. The van der Waals surface area contributed by atoms with Crippen LogP contribution in [-0.4, -0.2) is 0 Å². The topological polar surface area (TPSA) is 7.12 Å². The van der Waals surface area contributed by atoms with Crippen LogP contribution in [0.25, 0.3) is 12.2 Å². The maximum absolute atomic E-state index is 10.7. The molecule has 184 valence electrons. The van der Waals surface area contributed by atoms with Gasteiger partial charge in [-0.25, -0.2) is 4.57 Å². The minimum atomic E-state index is -10.7. The maximum atomic E-state index is 9.87. The summed E-state index contributed by atoms with van der Waals surface area (Å²) in [6, 6.07) is 33.8. The fraction of sp³-hybridized carbons (Fsp3) is 0.0385. The molecule has 0 aliphatic heterocycles. The Morgan fingerprint density at radius 3 is 1.29 bits per heavy atom. The van der Waals surface area contributed by atoms with Gasteiger partial charge in [-0.3, -0.25) is 0 Å². The molecule has 0 atom stereocenters. The van der Waals surface area contributed by atoms with Crippen LogP contribution in [0.2, 0.25) is 0 Å². The average molecular weight is 508 g/mol. The Bertz CT molecular complexity index is 1210. The SMILES string of the molecule is C[n+]1ccc(/C=C/c2ccc(N(c3ccccc3)c3ccccc3)cc2)cc1.F[P-](F)(F)(F)(F)F. The molecule has 0 unspecified atom stereocenters. The zero-order chi connectivity index (χ0) is 25.6. The first kappa shape index (κ1) is 26.0. The molecule has 1 aromatic heterocycles. The fourth-order valence-electron chi connectivity index (χ4n) is 3.15. The number of rotatable bonds is 5. The summed E-state index contributed by atoms with van der Waals surface area (Å²) in [6.45, 7) is 0. The van der Waals surface area contributed by atoms with Gasteiger partial charge >= 0.3 is 33.0 Å². The van der Waals surface area contributed by atoms with Crippen LogP contribution >= 0.6 is 7.81 Å². The molecular formula is C26H23F6N2P. The van der Waals surface area contributed by atoms with E-state index in [2.05, 4.69) is 114 Å². The molecule has 0 saturated carbocycles. The quantitative estimate of drug-likeness (QED) is 0.148. The molecule has 0 fully saturated rings. The van der Waals surface area contributed by atoms with Crippen LogP contribution < -0.4 is 9.47 Å². The van der Waals surface area contributed by atoms with E-state index in [0.29, 0.717) is 0 Å². The summed E-state index contributed by atoms with van der Waals surface area (Å²) in [6.07, 6.45) is 8.40. The molecule has 0 aliphatic carbocycles. The van der Waals surface area contributed by atoms with Crippen LogP contribution in [0.4, 0.5) is 42.2 Å². The van der Waals surface area contributed by atoms with Crippen molar-refractivity contribution in [2.75, 3.05) is 4.90 Å². The second kappa shape index (κ2) is 9.55. The van der Waals surface area contributed by atoms with Crippen molar-refractivity contribution in [1.82, 2.24) is 0 Å². The molecule has 2 nitrogen and oxygen atoms in total. The Kier molecular flexibility index (Phi) is 7.08. The van der Waals surface area contributed by atoms with E-state index >= 15 is 0 Å². The van der Waals surface area contributed by atoms with E-state index in [4.69, 9.17) is 0 Å². The van der Waals surface area contributed by atoms with Gasteiger partial charge in [0, 0.05) is 29.2 Å². The van der Waals surface area contributed by atoms with Crippen molar-refractivity contribution in [3.8, 4) is 0 Å². The monoisotopic (exact) mass is 508 g/mol. The van der Waals surface area contributed by atoms with Gasteiger partial charge in [0.15, 0.2) is 12.4 Å². The third-order valence-electron chi connectivity index (χ3n) is 4.65. The van der Waals surface area contributed by atoms with Gasteiger partial charge in [-0.1, -0.05) is 60.7 Å². The van der Waals surface area contributed by atoms with Crippen LogP contribution in [-0.2, 0) is 7.05 Å². The molecule has 1 heterocycles. The van der Waals surface area contributed by atoms with Crippen molar-refractivity contribution >= 4 is 37.0 Å². The summed E-state index contributed by atoms with van der Waals surface area (Å²) in [5, 5.41) is 0. The summed E-state index contributed by atoms with van der Waals surface area (Å²) < 4.78 is 61.2. The molecule has 4 aromatic rings. The average Bonchev–Trinajstić information content (AvgIpc) is 2.79. The molecule has 0 radical (unpaired) electrons. The van der Waals surface area contributed by atoms with Gasteiger partial charge in [0.05, 0.1) is 0 Å². The van der Waals surface area contributed by atoms with E-state index < -0.39 is 7.81 Å². The van der Waals surface area contributed by atoms with Gasteiger partial charge in [0.25, 0.3) is 0 Å². The molecule has 0 N–H and O–H groups in total. The van der Waals surface area contributed by atoms with Gasteiger partial charge in [-0.15, -0.1) is 0 Å². The van der Waals surface area contributed by atoms with Crippen molar-refractivity contribution in [1.29, 1.82) is 0 Å². The first-order chi connectivity index (χ1) is 16.2. The van der Waals surface area contributed by atoms with Crippen molar-refractivity contribution in [3.63, 3.8) is 0 Å². The van der Waals surface area contributed by atoms with E-state index in [1.807, 2.05) is 23.7 Å². The fourth-order valence-corrected chi connectivity index (χ4v) is 3.15. The number of anilines is 3. The first-order valence-corrected chi connectivity index (χ1v) is 12.5. The molecule has 0 spiro atoms. The van der Waals surface area contributed by atoms with E-state index in [0.717, 1.165) is 17.1 Å². The summed E-state index contributed by atoms with van der Waals surface area (Å²) >= 11 is 0. The van der Waals surface area contributed by atoms with Gasteiger partial charge in [0.2, 0.25) is 0 Å². The van der Waals surface area contributed by atoms with Crippen LogP contribution in [0, 0.1) is 0 Å². The Morgan fingerprint density at radius 1 is 0.543 bits per heavy atom. The summed E-state index contributed by atoms with van der Waals surface area (Å²) in [5.74, 6) is 0. The third-order valence-corrected chi connectivity index (χ3v) is 4.65. The minimum absolute atomic E-state index is 1.14. The second-order valence-corrected chi connectivity index (χ2v) is 9.60. The van der Waals surface area contributed by atoms with Crippen molar-refractivity contribution in [2.45, 2.75) is 0 Å². The van der Waals surface area contributed by atoms with Gasteiger partial charge in [0.1, 0.15) is 7.05 Å². The molecular weight excluding hydrogens is 485 g/mol. The number of nitrogens with zero attached hydrogens (tertiary/aromatic N) is 2. The zero-order valence-corrected chi connectivity index (χ0v) is 19.6. The molecule has 0 saturated heterocycles. The van der Waals surface area contributed by atoms with Crippen LogP contribution in [0.1, 0.15) is 11.1 Å². The number of para-hydroxylation sites is 2. The van der Waals surface area contributed by atoms with Crippen molar-refractivity contribution in [3.05, 3.63) is 121 Å². The molecule has 0 aliphatic rings. The number of aromatic nitrogens is 1. The predicted octanol–water partition coefficient (Wildman–Crippen LogP) is 9.53. The van der Waals surface area contributed by atoms with Crippen LogP contribution in [0.15, 0.2) is 109 Å². The Balaban J connectivity index is 0.000000429. The van der Waals surface area contributed by atoms with Crippen LogP contribution in [0.5, 0.6) is 0 Å². The van der Waals surface area contributed by atoms with Crippen molar-refractivity contribution in [2.24, 2.45) is 7.05 Å². The Morgan fingerprint density at radius 2 is 0.886 bits per heavy atom. The predicted molar refractivity (Wildman–Crippen MR) is 131 cm³/mol. The molecule has 3 aromatic carbocycles. The van der Waals surface area contributed by atoms with Crippen LogP contribution in [0.3, 0.4) is 0 Å². The normalized spacial score (nSPS) is 13.3. The third kappa shape index (κ3) is 10.0. The number of hydrogen-bond donors (Lipinski definition) is 0. The van der Waals surface area contributed by atoms with Crippen molar-refractivity contribution < 1.29 is 29.7 Å². The van der Waals surface area contributed by atoms with E-state index in [1.165, 1.54) is 11.1 Å². The Labute approximate surface area is 199 Å². The standard InChI is InChI=1S/C26H23N2.F6P/c1-27-20-18-23(19-21-27)13-12-22-14-16-26(17-15-22)28(24-8-4-2-5-9-24)25-10-6-3-7-11-25;1-7(2,3,4,5)6/h2-21H,1H3;/q+1;-1. The van der Waals surface area contributed by atoms with E-state index in [-0.39, 0.29) is 0 Å². The van der Waals surface area contributed by atoms with E-state index in [9.17, 15) is 25.2 Å². The zero-order valence-electron chi connectivity index (χ0n) is 18.7.